The highest BCUT2D eigenvalue weighted by atomic mass is 28.4. The smallest absolute Gasteiger partial charge is 0.192 e. The molecule has 0 aromatic carbocycles. The molecule has 2 atom stereocenters. The van der Waals surface area contributed by atoms with E-state index in [4.69, 9.17) is 9.16 Å². The van der Waals surface area contributed by atoms with Crippen LogP contribution in [0.4, 0.5) is 0 Å². The highest BCUT2D eigenvalue weighted by molar-refractivity contribution is 6.74. The summed E-state index contributed by atoms with van der Waals surface area (Å²) in [5.74, 6) is 0. The highest BCUT2D eigenvalue weighted by Crippen LogP contribution is 2.39. The zero-order valence-corrected chi connectivity index (χ0v) is 16.0. The Morgan fingerprint density at radius 1 is 1.10 bits per heavy atom. The second-order valence-electron chi connectivity index (χ2n) is 8.67. The Morgan fingerprint density at radius 2 is 1.65 bits per heavy atom. The Balaban J connectivity index is 2.76. The maximum atomic E-state index is 6.61. The Hall–Kier alpha value is 0.0969. The molecule has 120 valence electrons. The third kappa shape index (κ3) is 4.29. The van der Waals surface area contributed by atoms with E-state index in [9.17, 15) is 0 Å². The summed E-state index contributed by atoms with van der Waals surface area (Å²) in [4.78, 5) is 2.55. The molecule has 3 nitrogen and oxygen atoms in total. The molecule has 1 rings (SSSR count). The topological polar surface area (TPSA) is 21.7 Å². The number of ether oxygens (including phenoxy) is 1. The van der Waals surface area contributed by atoms with E-state index in [1.165, 1.54) is 0 Å². The molecule has 0 amide bonds. The summed E-state index contributed by atoms with van der Waals surface area (Å²) in [7, 11) is 0.116. The first kappa shape index (κ1) is 18.1. The molecule has 0 spiro atoms. The van der Waals surface area contributed by atoms with Crippen LogP contribution in [0.15, 0.2) is 0 Å². The van der Waals surface area contributed by atoms with Crippen molar-refractivity contribution in [1.29, 1.82) is 0 Å². The molecule has 0 aliphatic carbocycles. The minimum atomic E-state index is -1.68. The lowest BCUT2D eigenvalue weighted by molar-refractivity contribution is 0.0580. The number of likely N-dealkylation sites (tertiary alicyclic amines) is 1. The molecular formula is C16H35NO2Si. The molecule has 0 bridgehead atoms. The van der Waals surface area contributed by atoms with Gasteiger partial charge in [-0.15, -0.1) is 0 Å². The second kappa shape index (κ2) is 6.07. The van der Waals surface area contributed by atoms with Crippen LogP contribution < -0.4 is 0 Å². The van der Waals surface area contributed by atoms with E-state index in [1.807, 2.05) is 0 Å². The van der Waals surface area contributed by atoms with Crippen LogP contribution in [0.5, 0.6) is 0 Å². The van der Waals surface area contributed by atoms with E-state index in [0.29, 0.717) is 12.1 Å². The van der Waals surface area contributed by atoms with Gasteiger partial charge in [-0.3, -0.25) is 4.90 Å². The molecule has 0 unspecified atom stereocenters. The summed E-state index contributed by atoms with van der Waals surface area (Å²) in [6, 6.07) is 0.481. The Labute approximate surface area is 127 Å². The van der Waals surface area contributed by atoms with Gasteiger partial charge in [0.05, 0.1) is 12.7 Å². The van der Waals surface area contributed by atoms with Crippen LogP contribution in [0.25, 0.3) is 0 Å². The Bertz CT molecular complexity index is 317. The summed E-state index contributed by atoms with van der Waals surface area (Å²) < 4.78 is 12.0. The molecule has 1 aliphatic rings. The Kier molecular flexibility index (Phi) is 5.51. The molecule has 1 aliphatic heterocycles. The Morgan fingerprint density at radius 3 is 2.05 bits per heavy atom. The van der Waals surface area contributed by atoms with Crippen LogP contribution in [0.2, 0.25) is 18.1 Å². The maximum absolute atomic E-state index is 6.61. The third-order valence-corrected chi connectivity index (χ3v) is 9.40. The predicted octanol–water partition coefficient (Wildman–Crippen LogP) is 3.90. The van der Waals surface area contributed by atoms with E-state index in [1.54, 1.807) is 7.11 Å². The van der Waals surface area contributed by atoms with E-state index in [-0.39, 0.29) is 10.6 Å². The largest absolute Gasteiger partial charge is 0.413 e. The second-order valence-corrected chi connectivity index (χ2v) is 13.4. The van der Waals surface area contributed by atoms with Crippen LogP contribution in [0, 0.1) is 0 Å². The summed E-state index contributed by atoms with van der Waals surface area (Å²) in [5, 5.41) is 0.277. The van der Waals surface area contributed by atoms with E-state index < -0.39 is 8.32 Å². The van der Waals surface area contributed by atoms with Crippen LogP contribution in [0.3, 0.4) is 0 Å². The molecule has 1 heterocycles. The van der Waals surface area contributed by atoms with Gasteiger partial charge in [-0.2, -0.15) is 0 Å². The number of hydrogen-bond acceptors (Lipinski definition) is 3. The minimum Gasteiger partial charge on any atom is -0.413 e. The van der Waals surface area contributed by atoms with Gasteiger partial charge in [-0.05, 0) is 45.3 Å². The van der Waals surface area contributed by atoms with Gasteiger partial charge in [-0.1, -0.05) is 20.8 Å². The first-order chi connectivity index (χ1) is 8.88. The molecular weight excluding hydrogens is 266 g/mol. The van der Waals surface area contributed by atoms with Crippen molar-refractivity contribution in [2.24, 2.45) is 0 Å². The van der Waals surface area contributed by atoms with E-state index in [0.717, 1.165) is 19.6 Å². The number of methoxy groups -OCH3 is 1. The van der Waals surface area contributed by atoms with Crippen molar-refractivity contribution in [3.8, 4) is 0 Å². The zero-order valence-electron chi connectivity index (χ0n) is 15.0. The molecule has 1 saturated heterocycles. The number of rotatable bonds is 4. The average molecular weight is 302 g/mol. The average Bonchev–Trinajstić information content (AvgIpc) is 2.58. The molecule has 0 saturated carbocycles. The van der Waals surface area contributed by atoms with Gasteiger partial charge < -0.3 is 9.16 Å². The van der Waals surface area contributed by atoms with E-state index >= 15 is 0 Å². The van der Waals surface area contributed by atoms with Crippen LogP contribution in [0.1, 0.15) is 48.0 Å². The van der Waals surface area contributed by atoms with Crippen molar-refractivity contribution in [2.75, 3.05) is 20.3 Å². The van der Waals surface area contributed by atoms with Crippen molar-refractivity contribution < 1.29 is 9.16 Å². The molecule has 0 radical (unpaired) electrons. The fourth-order valence-electron chi connectivity index (χ4n) is 2.72. The summed E-state index contributed by atoms with van der Waals surface area (Å²) in [5.41, 5.74) is 0.175. The van der Waals surface area contributed by atoms with Gasteiger partial charge >= 0.3 is 0 Å². The monoisotopic (exact) mass is 301 g/mol. The van der Waals surface area contributed by atoms with Crippen molar-refractivity contribution in [3.63, 3.8) is 0 Å². The lowest BCUT2D eigenvalue weighted by atomic mass is 10.1. The van der Waals surface area contributed by atoms with Crippen LogP contribution >= 0.6 is 0 Å². The lowest BCUT2D eigenvalue weighted by Crippen LogP contribution is -2.47. The maximum Gasteiger partial charge on any atom is 0.192 e. The third-order valence-electron chi connectivity index (χ3n) is 4.86. The number of hydrogen-bond donors (Lipinski definition) is 0. The predicted molar refractivity (Wildman–Crippen MR) is 88.8 cm³/mol. The standard InChI is InChI=1S/C16H35NO2Si/c1-15(2,3)17-11-14(10-13(17)12-18-7)19-20(8,9)16(4,5)6/h13-14H,10-12H2,1-9H3/t13-,14-/m1/s1. The van der Waals surface area contributed by atoms with Gasteiger partial charge in [-0.25, -0.2) is 0 Å². The first-order valence-electron chi connectivity index (χ1n) is 7.82. The van der Waals surface area contributed by atoms with Gasteiger partial charge in [0.15, 0.2) is 8.32 Å². The van der Waals surface area contributed by atoms with Crippen LogP contribution in [-0.4, -0.2) is 51.2 Å². The molecule has 0 N–H and O–H groups in total. The molecule has 20 heavy (non-hydrogen) atoms. The van der Waals surface area contributed by atoms with Gasteiger partial charge in [0.1, 0.15) is 0 Å². The van der Waals surface area contributed by atoms with Crippen molar-refractivity contribution in [2.45, 2.75) is 83.8 Å². The van der Waals surface area contributed by atoms with Gasteiger partial charge in [0, 0.05) is 25.2 Å². The normalized spacial score (nSPS) is 26.2. The van der Waals surface area contributed by atoms with Gasteiger partial charge in [0.2, 0.25) is 0 Å². The first-order valence-corrected chi connectivity index (χ1v) is 10.7. The van der Waals surface area contributed by atoms with E-state index in [2.05, 4.69) is 59.5 Å². The summed E-state index contributed by atoms with van der Waals surface area (Å²) in [6.07, 6.45) is 1.45. The number of nitrogens with zero attached hydrogens (tertiary/aromatic N) is 1. The molecule has 4 heteroatoms. The van der Waals surface area contributed by atoms with Gasteiger partial charge in [0.25, 0.3) is 0 Å². The fraction of sp³-hybridized carbons (Fsp3) is 1.00. The fourth-order valence-corrected chi connectivity index (χ4v) is 4.08. The summed E-state index contributed by atoms with van der Waals surface area (Å²) >= 11 is 0. The molecule has 0 aromatic rings. The van der Waals surface area contributed by atoms with Crippen molar-refractivity contribution in [3.05, 3.63) is 0 Å². The molecule has 1 fully saturated rings. The van der Waals surface area contributed by atoms with Crippen molar-refractivity contribution >= 4 is 8.32 Å². The SMILES string of the molecule is COC[C@H]1C[C@@H](O[Si](C)(C)C(C)(C)C)CN1C(C)(C)C. The molecule has 0 aromatic heterocycles. The minimum absolute atomic E-state index is 0.175. The quantitative estimate of drug-likeness (QED) is 0.735. The highest BCUT2D eigenvalue weighted by Gasteiger charge is 2.44. The summed E-state index contributed by atoms with van der Waals surface area (Å²) in [6.45, 7) is 20.3. The van der Waals surface area contributed by atoms with Crippen LogP contribution in [-0.2, 0) is 9.16 Å². The zero-order chi connectivity index (χ0) is 15.8. The van der Waals surface area contributed by atoms with Crippen molar-refractivity contribution in [1.82, 2.24) is 4.90 Å². The lowest BCUT2D eigenvalue weighted by Gasteiger charge is -2.39.